The van der Waals surface area contributed by atoms with Crippen LogP contribution in [-0.4, -0.2) is 28.4 Å². The maximum absolute atomic E-state index is 12.6. The van der Waals surface area contributed by atoms with E-state index in [1.54, 1.807) is 52.7 Å². The van der Waals surface area contributed by atoms with E-state index in [0.717, 1.165) is 16.2 Å². The van der Waals surface area contributed by atoms with Gasteiger partial charge in [0.15, 0.2) is 28.4 Å². The van der Waals surface area contributed by atoms with Crippen LogP contribution in [0.4, 0.5) is 0 Å². The first-order chi connectivity index (χ1) is 11.6. The topological polar surface area (TPSA) is 54.0 Å². The Kier molecular flexibility index (Phi) is 4.16. The highest BCUT2D eigenvalue weighted by molar-refractivity contribution is 5.96. The zero-order valence-electron chi connectivity index (χ0n) is 14.0. The van der Waals surface area contributed by atoms with Gasteiger partial charge in [-0.3, -0.25) is 4.79 Å². The van der Waals surface area contributed by atoms with Gasteiger partial charge < -0.3 is 18.9 Å². The first kappa shape index (κ1) is 15.9. The summed E-state index contributed by atoms with van der Waals surface area (Å²) >= 11 is 0. The summed E-state index contributed by atoms with van der Waals surface area (Å²) in [6.45, 7) is 0. The lowest BCUT2D eigenvalue weighted by atomic mass is 10.1. The van der Waals surface area contributed by atoms with Gasteiger partial charge in [0.1, 0.15) is 0 Å². The third-order valence-electron chi connectivity index (χ3n) is 4.01. The Labute approximate surface area is 139 Å². The van der Waals surface area contributed by atoms with Gasteiger partial charge in [-0.25, -0.2) is 0 Å². The summed E-state index contributed by atoms with van der Waals surface area (Å²) in [7, 11) is 6.26. The molecule has 0 amide bonds. The van der Waals surface area contributed by atoms with Gasteiger partial charge in [0.05, 0.1) is 28.4 Å². The average molecular weight is 326 g/mol. The molecule has 0 saturated heterocycles. The van der Waals surface area contributed by atoms with E-state index in [0.29, 0.717) is 28.4 Å². The molecule has 0 radical (unpaired) electrons. The number of hydrogen-bond acceptors (Lipinski definition) is 5. The quantitative estimate of drug-likeness (QED) is 0.735. The van der Waals surface area contributed by atoms with Crippen LogP contribution in [0.2, 0.25) is 0 Å². The minimum Gasteiger partial charge on any atom is -0.493 e. The lowest BCUT2D eigenvalue weighted by molar-refractivity contribution is 0.356. The normalized spacial score (nSPS) is 10.7. The zero-order chi connectivity index (χ0) is 17.3. The molecule has 3 aromatic carbocycles. The van der Waals surface area contributed by atoms with E-state index in [-0.39, 0.29) is 5.43 Å². The van der Waals surface area contributed by atoms with Gasteiger partial charge in [-0.2, -0.15) is 0 Å². The monoisotopic (exact) mass is 326 g/mol. The molecule has 3 rings (SSSR count). The van der Waals surface area contributed by atoms with E-state index in [9.17, 15) is 4.79 Å². The van der Waals surface area contributed by atoms with Crippen molar-refractivity contribution in [1.29, 1.82) is 0 Å². The van der Waals surface area contributed by atoms with Gasteiger partial charge in [-0.1, -0.05) is 0 Å². The smallest absolute Gasteiger partial charge is 0.187 e. The van der Waals surface area contributed by atoms with E-state index < -0.39 is 0 Å². The van der Waals surface area contributed by atoms with E-state index in [1.165, 1.54) is 0 Å². The molecule has 0 aliphatic carbocycles. The summed E-state index contributed by atoms with van der Waals surface area (Å²) in [6.07, 6.45) is 0. The van der Waals surface area contributed by atoms with Crippen LogP contribution in [-0.2, 0) is 0 Å². The molecule has 24 heavy (non-hydrogen) atoms. The van der Waals surface area contributed by atoms with Crippen LogP contribution in [0.15, 0.2) is 41.2 Å². The van der Waals surface area contributed by atoms with Crippen molar-refractivity contribution in [2.24, 2.45) is 0 Å². The number of benzene rings is 2. The Balaban J connectivity index is 2.45. The van der Waals surface area contributed by atoms with E-state index in [2.05, 4.69) is 0 Å². The number of hydrogen-bond donors (Lipinski definition) is 0. The highest BCUT2D eigenvalue weighted by Crippen LogP contribution is 2.34. The van der Waals surface area contributed by atoms with Crippen LogP contribution < -0.4 is 24.4 Å². The van der Waals surface area contributed by atoms with Gasteiger partial charge in [-0.15, -0.1) is 0 Å². The molecule has 124 valence electrons. The molecule has 0 heterocycles. The summed E-state index contributed by atoms with van der Waals surface area (Å²) in [5, 5.41) is 2.96. The summed E-state index contributed by atoms with van der Waals surface area (Å²) < 4.78 is 21.3. The fraction of sp³-hybridized carbons (Fsp3) is 0.211. The van der Waals surface area contributed by atoms with Crippen molar-refractivity contribution in [2.45, 2.75) is 0 Å². The SMILES string of the molecule is COc1cc2cc(=O)c3cc(OC)c(OC)cc3cc2cc1OC. The summed E-state index contributed by atoms with van der Waals surface area (Å²) in [4.78, 5) is 12.6. The van der Waals surface area contributed by atoms with Crippen LogP contribution in [0.1, 0.15) is 0 Å². The van der Waals surface area contributed by atoms with Crippen molar-refractivity contribution in [3.63, 3.8) is 0 Å². The number of rotatable bonds is 4. The summed E-state index contributed by atoms with van der Waals surface area (Å²) in [5.41, 5.74) is -0.104. The van der Waals surface area contributed by atoms with Crippen LogP contribution in [0.3, 0.4) is 0 Å². The molecule has 3 aromatic rings. The summed E-state index contributed by atoms with van der Waals surface area (Å²) in [6, 6.07) is 10.7. The minimum absolute atomic E-state index is 0.104. The van der Waals surface area contributed by atoms with Crippen molar-refractivity contribution >= 4 is 21.5 Å². The number of ether oxygens (including phenoxy) is 4. The first-order valence-corrected chi connectivity index (χ1v) is 7.37. The Morgan fingerprint density at radius 3 is 1.46 bits per heavy atom. The Morgan fingerprint density at radius 1 is 0.542 bits per heavy atom. The zero-order valence-corrected chi connectivity index (χ0v) is 14.0. The Hall–Kier alpha value is -2.95. The number of fused-ring (bicyclic) bond motifs is 2. The van der Waals surface area contributed by atoms with Gasteiger partial charge in [0, 0.05) is 5.39 Å². The Bertz CT molecular complexity index is 979. The third kappa shape index (κ3) is 2.58. The highest BCUT2D eigenvalue weighted by atomic mass is 16.5. The second-order valence-corrected chi connectivity index (χ2v) is 5.28. The molecule has 0 aliphatic rings. The van der Waals surface area contributed by atoms with Crippen LogP contribution in [0.25, 0.3) is 21.5 Å². The maximum Gasteiger partial charge on any atom is 0.187 e. The second kappa shape index (κ2) is 6.28. The van der Waals surface area contributed by atoms with E-state index in [1.807, 2.05) is 12.1 Å². The molecule has 0 aromatic heterocycles. The highest BCUT2D eigenvalue weighted by Gasteiger charge is 2.11. The van der Waals surface area contributed by atoms with Crippen molar-refractivity contribution in [3.05, 3.63) is 46.6 Å². The minimum atomic E-state index is -0.104. The van der Waals surface area contributed by atoms with Crippen molar-refractivity contribution in [2.75, 3.05) is 28.4 Å². The first-order valence-electron chi connectivity index (χ1n) is 7.37. The van der Waals surface area contributed by atoms with Crippen molar-refractivity contribution in [3.8, 4) is 23.0 Å². The van der Waals surface area contributed by atoms with Gasteiger partial charge in [0.2, 0.25) is 0 Å². The fourth-order valence-corrected chi connectivity index (χ4v) is 2.77. The number of methoxy groups -OCH3 is 4. The molecule has 0 spiro atoms. The molecular weight excluding hydrogens is 308 g/mol. The molecule has 0 unspecified atom stereocenters. The molecule has 5 heteroatoms. The van der Waals surface area contributed by atoms with Crippen molar-refractivity contribution < 1.29 is 18.9 Å². The van der Waals surface area contributed by atoms with Crippen LogP contribution in [0.5, 0.6) is 23.0 Å². The molecule has 0 atom stereocenters. The molecular formula is C19H18O5. The van der Waals surface area contributed by atoms with Gasteiger partial charge in [0.25, 0.3) is 0 Å². The molecule has 0 N–H and O–H groups in total. The molecule has 0 fully saturated rings. The second-order valence-electron chi connectivity index (χ2n) is 5.28. The summed E-state index contributed by atoms with van der Waals surface area (Å²) in [5.74, 6) is 2.28. The van der Waals surface area contributed by atoms with Gasteiger partial charge >= 0.3 is 0 Å². The molecule has 0 bridgehead atoms. The molecule has 5 nitrogen and oxygen atoms in total. The lowest BCUT2D eigenvalue weighted by Crippen LogP contribution is -1.97. The largest absolute Gasteiger partial charge is 0.493 e. The lowest BCUT2D eigenvalue weighted by Gasteiger charge is -2.08. The average Bonchev–Trinajstić information content (AvgIpc) is 2.74. The predicted molar refractivity (Wildman–Crippen MR) is 93.9 cm³/mol. The molecule has 0 saturated carbocycles. The Morgan fingerprint density at radius 2 is 0.958 bits per heavy atom. The van der Waals surface area contributed by atoms with Gasteiger partial charge in [-0.05, 0) is 52.6 Å². The maximum atomic E-state index is 12.6. The van der Waals surface area contributed by atoms with E-state index in [4.69, 9.17) is 18.9 Å². The van der Waals surface area contributed by atoms with E-state index >= 15 is 0 Å². The van der Waals surface area contributed by atoms with Crippen LogP contribution >= 0.6 is 0 Å². The predicted octanol–water partition coefficient (Wildman–Crippen LogP) is 3.39. The fourth-order valence-electron chi connectivity index (χ4n) is 2.77. The standard InChI is InChI=1S/C19H18O5/c1-21-16-7-11-5-13-9-18(23-3)19(24-4)10-14(13)15(20)6-12(11)8-17(16)22-2/h5-10H,1-4H3. The third-order valence-corrected chi connectivity index (χ3v) is 4.01. The van der Waals surface area contributed by atoms with Crippen LogP contribution in [0, 0.1) is 0 Å². The van der Waals surface area contributed by atoms with Crippen molar-refractivity contribution in [1.82, 2.24) is 0 Å². The molecule has 0 aliphatic heterocycles.